The molecular formula is C51H53LiN2O11. The number of aromatic amines is 2. The van der Waals surface area contributed by atoms with Crippen LogP contribution in [0.1, 0.15) is 122 Å². The molecule has 4 heterocycles. The summed E-state index contributed by atoms with van der Waals surface area (Å²) in [6.45, 7) is 13.0. The molecule has 2 saturated carbocycles. The number of aromatic carboxylic acids is 1. The fourth-order valence-corrected chi connectivity index (χ4v) is 8.87. The summed E-state index contributed by atoms with van der Waals surface area (Å²) in [6.07, 6.45) is 3.66. The van der Waals surface area contributed by atoms with Gasteiger partial charge in [0, 0.05) is 45.8 Å². The van der Waals surface area contributed by atoms with Crippen molar-refractivity contribution < 1.29 is 72.3 Å². The number of ketones is 2. The van der Waals surface area contributed by atoms with E-state index in [1.54, 1.807) is 12.1 Å². The van der Waals surface area contributed by atoms with E-state index < -0.39 is 22.8 Å². The van der Waals surface area contributed by atoms with Crippen LogP contribution in [0.3, 0.4) is 0 Å². The molecular weight excluding hydrogens is 824 g/mol. The molecule has 0 radical (unpaired) electrons. The fraction of sp³-hybridized carbons (Fsp3) is 0.373. The van der Waals surface area contributed by atoms with Gasteiger partial charge in [0.25, 0.3) is 0 Å². The Hall–Kier alpha value is -6.00. The van der Waals surface area contributed by atoms with E-state index in [9.17, 15) is 24.3 Å². The molecule has 4 aromatic carbocycles. The quantitative estimate of drug-likeness (QED) is 0.102. The molecule has 2 aliphatic heterocycles. The molecule has 4 aliphatic rings. The van der Waals surface area contributed by atoms with E-state index >= 15 is 0 Å². The van der Waals surface area contributed by atoms with E-state index in [0.717, 1.165) is 75.6 Å². The molecule has 0 spiro atoms. The van der Waals surface area contributed by atoms with E-state index in [-0.39, 0.29) is 78.7 Å². The zero-order chi connectivity index (χ0) is 44.6. The first-order chi connectivity index (χ1) is 29.9. The summed E-state index contributed by atoms with van der Waals surface area (Å²) >= 11 is 0. The molecule has 0 atom stereocenters. The number of carbonyl (C=O) groups excluding carboxylic acids is 3. The summed E-state index contributed by atoms with van der Waals surface area (Å²) < 4.78 is 26.8. The Balaban J connectivity index is 0.000000188. The number of esters is 1. The second-order valence-electron chi connectivity index (χ2n) is 19.4. The van der Waals surface area contributed by atoms with Gasteiger partial charge in [-0.15, -0.1) is 0 Å². The van der Waals surface area contributed by atoms with Crippen molar-refractivity contribution in [3.63, 3.8) is 0 Å². The number of methoxy groups -OCH3 is 1. The van der Waals surface area contributed by atoms with Crippen LogP contribution in [0.2, 0.25) is 0 Å². The smallest absolute Gasteiger partial charge is 0.870 e. The number of Topliss-reactive ketones (excluding diaryl/α,β-unsaturated/α-hetero) is 2. The number of fused-ring (bicyclic) bond motifs is 4. The van der Waals surface area contributed by atoms with Crippen LogP contribution in [0.25, 0.3) is 21.8 Å². The zero-order valence-electron chi connectivity index (χ0n) is 38.2. The molecule has 6 aromatic rings. The number of H-pyrrole nitrogens is 2. The Bertz CT molecular complexity index is 2870. The van der Waals surface area contributed by atoms with Crippen molar-refractivity contribution in [2.45, 2.75) is 102 Å². The summed E-state index contributed by atoms with van der Waals surface area (Å²) in [4.78, 5) is 57.9. The minimum absolute atomic E-state index is 0. The number of rotatable bonds is 10. The van der Waals surface area contributed by atoms with Gasteiger partial charge in [0.15, 0.2) is 23.0 Å². The molecule has 334 valence electrons. The summed E-state index contributed by atoms with van der Waals surface area (Å²) in [5.74, 6) is 1.62. The number of benzene rings is 4. The van der Waals surface area contributed by atoms with Gasteiger partial charge < -0.3 is 44.2 Å². The molecule has 4 N–H and O–H groups in total. The summed E-state index contributed by atoms with van der Waals surface area (Å²) in [6, 6.07) is 22.8. The minimum Gasteiger partial charge on any atom is -0.870 e. The molecule has 2 aliphatic carbocycles. The maximum absolute atomic E-state index is 13.5. The largest absolute Gasteiger partial charge is 1.00 e. The SMILES string of the molecule is CC(C)(C)c1cc2cc(CC(=O)C3(c4ccc5c(c4)OCO5)CC3)cc(C(=O)O)c2[nH]1.COC(=O)c1cc(CC(=O)C2(c3ccc4c(c3)OCO4)CC2)cc2cc(C(C)(C)C)[nH]c12.[Li+].[OH-]. The molecule has 2 fully saturated rings. The van der Waals surface area contributed by atoms with Crippen molar-refractivity contribution in [1.29, 1.82) is 0 Å². The van der Waals surface area contributed by atoms with Crippen LogP contribution >= 0.6 is 0 Å². The molecule has 2 aromatic heterocycles. The third-order valence-electron chi connectivity index (χ3n) is 13.0. The second-order valence-corrected chi connectivity index (χ2v) is 19.4. The number of carboxylic acid groups (broad SMARTS) is 1. The van der Waals surface area contributed by atoms with Crippen LogP contribution < -0.4 is 37.8 Å². The third kappa shape index (κ3) is 8.77. The molecule has 10 rings (SSSR count). The first-order valence-electron chi connectivity index (χ1n) is 21.4. The maximum atomic E-state index is 13.5. The molecule has 14 heteroatoms. The maximum Gasteiger partial charge on any atom is 1.00 e. The van der Waals surface area contributed by atoms with Gasteiger partial charge >= 0.3 is 30.8 Å². The molecule has 0 unspecified atom stereocenters. The summed E-state index contributed by atoms with van der Waals surface area (Å²) in [7, 11) is 1.37. The van der Waals surface area contributed by atoms with E-state index in [2.05, 4.69) is 57.6 Å². The van der Waals surface area contributed by atoms with Gasteiger partial charge in [-0.2, -0.15) is 0 Å². The fourth-order valence-electron chi connectivity index (χ4n) is 8.87. The zero-order valence-corrected chi connectivity index (χ0v) is 38.2. The average Bonchev–Trinajstić information content (AvgIpc) is 3.92. The van der Waals surface area contributed by atoms with Crippen LogP contribution in [-0.2, 0) is 48.8 Å². The first-order valence-corrected chi connectivity index (χ1v) is 21.4. The van der Waals surface area contributed by atoms with Crippen molar-refractivity contribution in [2.75, 3.05) is 20.7 Å². The number of nitrogens with one attached hydrogen (secondary N) is 2. The average molecular weight is 877 g/mol. The van der Waals surface area contributed by atoms with Gasteiger partial charge in [-0.1, -0.05) is 53.7 Å². The van der Waals surface area contributed by atoms with E-state index in [0.29, 0.717) is 34.1 Å². The molecule has 65 heavy (non-hydrogen) atoms. The first kappa shape index (κ1) is 47.0. The van der Waals surface area contributed by atoms with Gasteiger partial charge in [0.05, 0.1) is 40.1 Å². The van der Waals surface area contributed by atoms with Gasteiger partial charge in [0.2, 0.25) is 13.6 Å². The van der Waals surface area contributed by atoms with E-state index in [1.165, 1.54) is 7.11 Å². The topological polar surface area (TPSA) is 196 Å². The predicted molar refractivity (Wildman–Crippen MR) is 239 cm³/mol. The number of carbonyl (C=O) groups is 4. The second kappa shape index (κ2) is 17.1. The van der Waals surface area contributed by atoms with Gasteiger partial charge in [-0.05, 0) is 109 Å². The van der Waals surface area contributed by atoms with E-state index in [1.807, 2.05) is 54.6 Å². The van der Waals surface area contributed by atoms with Gasteiger partial charge in [-0.25, -0.2) is 9.59 Å². The van der Waals surface area contributed by atoms with Gasteiger partial charge in [-0.3, -0.25) is 9.59 Å². The monoisotopic (exact) mass is 876 g/mol. The van der Waals surface area contributed by atoms with Crippen LogP contribution in [0.4, 0.5) is 0 Å². The van der Waals surface area contributed by atoms with E-state index in [4.69, 9.17) is 23.7 Å². The molecule has 0 bridgehead atoms. The number of ether oxygens (including phenoxy) is 5. The summed E-state index contributed by atoms with van der Waals surface area (Å²) in [5, 5.41) is 11.5. The van der Waals surface area contributed by atoms with Gasteiger partial charge in [0.1, 0.15) is 11.6 Å². The summed E-state index contributed by atoms with van der Waals surface area (Å²) in [5.41, 5.74) is 6.20. The van der Waals surface area contributed by atoms with Crippen LogP contribution in [0.5, 0.6) is 23.0 Å². The number of hydrogen-bond acceptors (Lipinski definition) is 10. The van der Waals surface area contributed by atoms with Crippen molar-refractivity contribution in [2.24, 2.45) is 0 Å². The van der Waals surface area contributed by atoms with Crippen LogP contribution in [0, 0.1) is 0 Å². The molecule has 0 saturated heterocycles. The van der Waals surface area contributed by atoms with Crippen molar-refractivity contribution >= 4 is 45.3 Å². The Morgan fingerprint density at radius 2 is 1.00 bits per heavy atom. The minimum atomic E-state index is -1.00. The van der Waals surface area contributed by atoms with Crippen LogP contribution in [-0.4, -0.2) is 64.8 Å². The standard InChI is InChI=1S/C26H27NO5.C25H25NO5.Li.H2O/c1-25(2,3)21-12-16-9-15(10-18(23(16)27-21)24(29)30-4)11-22(28)26(7-8-26)17-5-6-19-20(13-17)32-14-31-19;1-24(2,3)20-11-15-8-14(9-17(23(28)29)22(15)26-20)10-21(27)25(6-7-25)16-4-5-18-19(12-16)31-13-30-18;;/h5-6,9-10,12-13,27H,7-8,11,14H2,1-4H3;4-5,8-9,11-12,26H,6-7,10,13H2,1-3H3,(H,28,29);;1H2/q;;+1;/p-1. The van der Waals surface area contributed by atoms with Crippen LogP contribution in [0.15, 0.2) is 72.8 Å². The number of carboxylic acids is 1. The Kier molecular flexibility index (Phi) is 12.4. The van der Waals surface area contributed by atoms with Crippen molar-refractivity contribution in [1.82, 2.24) is 9.97 Å². The Labute approximate surface area is 389 Å². The predicted octanol–water partition coefficient (Wildman–Crippen LogP) is 6.39. The normalized spacial score (nSPS) is 15.9. The Morgan fingerprint density at radius 3 is 1.38 bits per heavy atom. The van der Waals surface area contributed by atoms with Crippen molar-refractivity contribution in [3.8, 4) is 23.0 Å². The Morgan fingerprint density at radius 1 is 0.600 bits per heavy atom. The number of aromatic nitrogens is 2. The van der Waals surface area contributed by atoms with Crippen molar-refractivity contribution in [3.05, 3.63) is 118 Å². The third-order valence-corrected chi connectivity index (χ3v) is 13.0. The molecule has 0 amide bonds. The number of hydrogen-bond donors (Lipinski definition) is 3. The molecule has 13 nitrogen and oxygen atoms in total.